The number of fused-ring (bicyclic) bond motifs is 1. The summed E-state index contributed by atoms with van der Waals surface area (Å²) >= 11 is 0. The van der Waals surface area contributed by atoms with E-state index >= 15 is 0 Å². The molecular formula is C24H22F3N5O5. The van der Waals surface area contributed by atoms with Crippen molar-refractivity contribution < 1.29 is 37.0 Å². The van der Waals surface area contributed by atoms with Gasteiger partial charge in [0.25, 0.3) is 5.91 Å². The number of piperidine rings is 1. The van der Waals surface area contributed by atoms with Crippen LogP contribution in [0, 0.1) is 0 Å². The van der Waals surface area contributed by atoms with Gasteiger partial charge in [0.2, 0.25) is 11.8 Å². The van der Waals surface area contributed by atoms with Crippen molar-refractivity contribution in [3.63, 3.8) is 0 Å². The van der Waals surface area contributed by atoms with Gasteiger partial charge in [-0.3, -0.25) is 24.7 Å². The normalized spacial score (nSPS) is 18.2. The maximum atomic E-state index is 12.9. The fourth-order valence-corrected chi connectivity index (χ4v) is 4.00. The molecule has 1 unspecified atom stereocenters. The first kappa shape index (κ1) is 25.7. The van der Waals surface area contributed by atoms with E-state index in [4.69, 9.17) is 10.6 Å². The summed E-state index contributed by atoms with van der Waals surface area (Å²) in [5, 5.41) is 5.92. The highest BCUT2D eigenvalue weighted by Gasteiger charge is 2.40. The Hall–Kier alpha value is -4.42. The third-order valence-electron chi connectivity index (χ3n) is 5.75. The number of hydrogen-bond acceptors (Lipinski definition) is 8. The van der Waals surface area contributed by atoms with Gasteiger partial charge in [0, 0.05) is 24.0 Å². The van der Waals surface area contributed by atoms with Gasteiger partial charge in [0.1, 0.15) is 17.5 Å². The standard InChI is InChI=1S/C24H22F3N5O5/c25-24(26,27)37-16-6-4-14(5-7-16)29-12-15(31-28)10-11-36-20-3-1-2-17-18(20)13-32(23(17)35)19-8-9-21(33)30-22(19)34/h1-7,12,19H,8-11,13,28H2,(H,30,33,34). The number of ether oxygens (including phenoxy) is 2. The predicted octanol–water partition coefficient (Wildman–Crippen LogP) is 2.83. The number of hydrazone groups is 1. The highest BCUT2D eigenvalue weighted by Crippen LogP contribution is 2.33. The monoisotopic (exact) mass is 517 g/mol. The highest BCUT2D eigenvalue weighted by molar-refractivity contribution is 6.31. The van der Waals surface area contributed by atoms with Crippen molar-refractivity contribution in [1.29, 1.82) is 0 Å². The van der Waals surface area contributed by atoms with E-state index in [2.05, 4.69) is 20.1 Å². The van der Waals surface area contributed by atoms with Crippen molar-refractivity contribution in [2.45, 2.75) is 38.2 Å². The van der Waals surface area contributed by atoms with Crippen LogP contribution in [-0.4, -0.2) is 53.6 Å². The summed E-state index contributed by atoms with van der Waals surface area (Å²) in [5.41, 5.74) is 1.79. The summed E-state index contributed by atoms with van der Waals surface area (Å²) < 4.78 is 46.5. The molecule has 2 heterocycles. The molecule has 2 aromatic rings. The van der Waals surface area contributed by atoms with E-state index in [-0.39, 0.29) is 50.0 Å². The Morgan fingerprint density at radius 2 is 1.92 bits per heavy atom. The molecule has 1 fully saturated rings. The van der Waals surface area contributed by atoms with Gasteiger partial charge in [0.05, 0.1) is 30.8 Å². The van der Waals surface area contributed by atoms with E-state index in [1.807, 2.05) is 0 Å². The number of carbonyl (C=O) groups is 3. The molecule has 10 nitrogen and oxygen atoms in total. The summed E-state index contributed by atoms with van der Waals surface area (Å²) in [6.07, 6.45) is -2.74. The SMILES string of the molecule is NN=C(C=Nc1ccc(OC(F)(F)F)cc1)CCOc1cccc2c1CN(C1CCC(=O)NC1=O)C2=O. The molecular weight excluding hydrogens is 495 g/mol. The molecule has 2 aromatic carbocycles. The van der Waals surface area contributed by atoms with Gasteiger partial charge >= 0.3 is 6.36 Å². The Kier molecular flexibility index (Phi) is 7.41. The van der Waals surface area contributed by atoms with Crippen molar-refractivity contribution in [3.8, 4) is 11.5 Å². The lowest BCUT2D eigenvalue weighted by Gasteiger charge is -2.29. The number of hydrogen-bond donors (Lipinski definition) is 2. The zero-order valence-electron chi connectivity index (χ0n) is 19.3. The van der Waals surface area contributed by atoms with Gasteiger partial charge in [0.15, 0.2) is 0 Å². The second-order valence-electron chi connectivity index (χ2n) is 8.20. The maximum absolute atomic E-state index is 12.9. The van der Waals surface area contributed by atoms with Gasteiger partial charge < -0.3 is 20.2 Å². The minimum absolute atomic E-state index is 0.142. The van der Waals surface area contributed by atoms with Crippen molar-refractivity contribution in [3.05, 3.63) is 53.6 Å². The Bertz CT molecular complexity index is 1260. The van der Waals surface area contributed by atoms with Crippen LogP contribution in [0.4, 0.5) is 18.9 Å². The molecule has 13 heteroatoms. The van der Waals surface area contributed by atoms with Crippen LogP contribution < -0.4 is 20.6 Å². The molecule has 0 aromatic heterocycles. The van der Waals surface area contributed by atoms with Crippen LogP contribution in [0.2, 0.25) is 0 Å². The number of amides is 3. The lowest BCUT2D eigenvalue weighted by atomic mass is 10.0. The van der Waals surface area contributed by atoms with Crippen LogP contribution in [0.5, 0.6) is 11.5 Å². The molecule has 3 N–H and O–H groups in total. The van der Waals surface area contributed by atoms with Crippen molar-refractivity contribution in [1.82, 2.24) is 10.2 Å². The molecule has 3 amide bonds. The molecule has 1 atom stereocenters. The number of rotatable bonds is 8. The molecule has 1 saturated heterocycles. The summed E-state index contributed by atoms with van der Waals surface area (Å²) in [6, 6.07) is 9.27. The molecule has 0 radical (unpaired) electrons. The first-order chi connectivity index (χ1) is 17.6. The number of imide groups is 1. The number of halogens is 3. The molecule has 0 spiro atoms. The van der Waals surface area contributed by atoms with E-state index in [1.165, 1.54) is 23.2 Å². The lowest BCUT2D eigenvalue weighted by molar-refractivity contribution is -0.274. The summed E-state index contributed by atoms with van der Waals surface area (Å²) in [6.45, 7) is 0.313. The number of aliphatic imine (C=N–C) groups is 1. The van der Waals surface area contributed by atoms with Crippen LogP contribution in [0.3, 0.4) is 0 Å². The largest absolute Gasteiger partial charge is 0.573 e. The molecule has 0 saturated carbocycles. The number of nitrogens with one attached hydrogen (secondary N) is 1. The first-order valence-electron chi connectivity index (χ1n) is 11.2. The predicted molar refractivity (Wildman–Crippen MR) is 125 cm³/mol. The average molecular weight is 517 g/mol. The van der Waals surface area contributed by atoms with Crippen LogP contribution in [-0.2, 0) is 16.1 Å². The van der Waals surface area contributed by atoms with Gasteiger partial charge in [-0.2, -0.15) is 5.10 Å². The van der Waals surface area contributed by atoms with E-state index < -0.39 is 18.3 Å². The Labute approximate surface area is 208 Å². The minimum Gasteiger partial charge on any atom is -0.493 e. The van der Waals surface area contributed by atoms with E-state index in [9.17, 15) is 27.6 Å². The second kappa shape index (κ2) is 10.7. The first-order valence-corrected chi connectivity index (χ1v) is 11.2. The van der Waals surface area contributed by atoms with Crippen LogP contribution in [0.1, 0.15) is 35.2 Å². The van der Waals surface area contributed by atoms with Gasteiger partial charge in [-0.05, 0) is 42.8 Å². The van der Waals surface area contributed by atoms with Crippen molar-refractivity contribution in [2.24, 2.45) is 15.9 Å². The van der Waals surface area contributed by atoms with E-state index in [0.29, 0.717) is 28.3 Å². The van der Waals surface area contributed by atoms with Gasteiger partial charge in [-0.25, -0.2) is 0 Å². The van der Waals surface area contributed by atoms with Crippen LogP contribution >= 0.6 is 0 Å². The number of carbonyl (C=O) groups excluding carboxylic acids is 3. The maximum Gasteiger partial charge on any atom is 0.573 e. The molecule has 0 aliphatic carbocycles. The average Bonchev–Trinajstić information content (AvgIpc) is 3.18. The highest BCUT2D eigenvalue weighted by atomic mass is 19.4. The molecule has 194 valence electrons. The zero-order chi connectivity index (χ0) is 26.6. The Balaban J connectivity index is 1.35. The van der Waals surface area contributed by atoms with Gasteiger partial charge in [-0.1, -0.05) is 6.07 Å². The van der Waals surface area contributed by atoms with Crippen molar-refractivity contribution in [2.75, 3.05) is 6.61 Å². The Morgan fingerprint density at radius 1 is 1.16 bits per heavy atom. The van der Waals surface area contributed by atoms with Crippen molar-refractivity contribution >= 4 is 35.3 Å². The number of benzene rings is 2. The fourth-order valence-electron chi connectivity index (χ4n) is 4.00. The summed E-state index contributed by atoms with van der Waals surface area (Å²) in [4.78, 5) is 42.2. The molecule has 2 aliphatic heterocycles. The Morgan fingerprint density at radius 3 is 2.59 bits per heavy atom. The number of nitrogens with two attached hydrogens (primary N) is 1. The lowest BCUT2D eigenvalue weighted by Crippen LogP contribution is -2.52. The molecule has 0 bridgehead atoms. The summed E-state index contributed by atoms with van der Waals surface area (Å²) in [5.74, 6) is 4.37. The minimum atomic E-state index is -4.78. The third-order valence-corrected chi connectivity index (χ3v) is 5.75. The molecule has 2 aliphatic rings. The van der Waals surface area contributed by atoms with Crippen LogP contribution in [0.15, 0.2) is 52.6 Å². The topological polar surface area (TPSA) is 136 Å². The number of nitrogens with zero attached hydrogens (tertiary/aromatic N) is 3. The third kappa shape index (κ3) is 6.23. The van der Waals surface area contributed by atoms with Crippen LogP contribution in [0.25, 0.3) is 0 Å². The molecule has 37 heavy (non-hydrogen) atoms. The molecule has 4 rings (SSSR count). The van der Waals surface area contributed by atoms with E-state index in [0.717, 1.165) is 12.1 Å². The quantitative estimate of drug-likeness (QED) is 0.239. The second-order valence-corrected chi connectivity index (χ2v) is 8.20. The smallest absolute Gasteiger partial charge is 0.493 e. The fraction of sp³-hybridized carbons (Fsp3) is 0.292. The van der Waals surface area contributed by atoms with E-state index in [1.54, 1.807) is 18.2 Å². The summed E-state index contributed by atoms with van der Waals surface area (Å²) in [7, 11) is 0. The zero-order valence-corrected chi connectivity index (χ0v) is 19.3. The number of alkyl halides is 3. The van der Waals surface area contributed by atoms with Gasteiger partial charge in [-0.15, -0.1) is 13.2 Å².